The maximum Gasteiger partial charge on any atom is 0.0905 e. The first kappa shape index (κ1) is 14.6. The van der Waals surface area contributed by atoms with E-state index in [2.05, 4.69) is 0 Å². The maximum absolute atomic E-state index is 8.28. The molecule has 0 aliphatic rings. The zero-order valence-electron chi connectivity index (χ0n) is 6.99. The molecule has 0 aliphatic carbocycles. The van der Waals surface area contributed by atoms with Gasteiger partial charge in [0, 0.05) is 13.2 Å². The van der Waals surface area contributed by atoms with E-state index in [-0.39, 0.29) is 25.7 Å². The Kier molecular flexibility index (Phi) is 16.7. The summed E-state index contributed by atoms with van der Waals surface area (Å²) in [4.78, 5) is 0. The van der Waals surface area contributed by atoms with Gasteiger partial charge >= 0.3 is 0 Å². The van der Waals surface area contributed by atoms with Crippen LogP contribution in [0, 0.1) is 0 Å². The normalized spacial score (nSPS) is 11.8. The highest BCUT2D eigenvalue weighted by Gasteiger charge is 1.94. The van der Waals surface area contributed by atoms with Crippen LogP contribution in [-0.4, -0.2) is 52.2 Å². The predicted octanol–water partition coefficient (Wildman–Crippen LogP) is -0.670. The molecule has 0 rings (SSSR count). The van der Waals surface area contributed by atoms with Gasteiger partial charge in [0.2, 0.25) is 0 Å². The van der Waals surface area contributed by atoms with Crippen LogP contribution in [0.25, 0.3) is 0 Å². The van der Waals surface area contributed by atoms with Gasteiger partial charge in [-0.05, 0) is 12.8 Å². The molecule has 0 spiro atoms. The summed E-state index contributed by atoms with van der Waals surface area (Å²) in [5, 5.41) is 32.5. The van der Waals surface area contributed by atoms with Crippen molar-refractivity contribution >= 4 is 11.6 Å². The summed E-state index contributed by atoms with van der Waals surface area (Å²) < 4.78 is 0. The molecule has 0 bridgehead atoms. The van der Waals surface area contributed by atoms with Crippen molar-refractivity contribution in [1.82, 2.24) is 0 Å². The third-order valence-corrected chi connectivity index (χ3v) is 1.31. The van der Waals surface area contributed by atoms with E-state index in [4.69, 9.17) is 32.0 Å². The fourth-order valence-electron chi connectivity index (χ4n) is 0.272. The van der Waals surface area contributed by atoms with E-state index in [9.17, 15) is 0 Å². The van der Waals surface area contributed by atoms with E-state index in [1.807, 2.05) is 0 Å². The minimum atomic E-state index is -0.744. The molecule has 0 fully saturated rings. The van der Waals surface area contributed by atoms with Crippen molar-refractivity contribution in [1.29, 1.82) is 0 Å². The molecule has 4 N–H and O–H groups in total. The second-order valence-electron chi connectivity index (χ2n) is 2.15. The summed E-state index contributed by atoms with van der Waals surface area (Å²) in [6.07, 6.45) is 0.694. The fraction of sp³-hybridized carbons (Fsp3) is 1.00. The number of aliphatic hydroxyl groups excluding tert-OH is 4. The molecule has 0 heterocycles. The van der Waals surface area contributed by atoms with Crippen molar-refractivity contribution in [2.75, 3.05) is 25.7 Å². The first-order chi connectivity index (χ1) is 5.72. The molecule has 0 radical (unpaired) electrons. The molecule has 0 saturated heterocycles. The molecule has 5 heteroatoms. The lowest BCUT2D eigenvalue weighted by Crippen LogP contribution is -2.12. The lowest BCUT2D eigenvalue weighted by molar-refractivity contribution is 0.112. The molecule has 0 aromatic heterocycles. The molecule has 0 saturated carbocycles. The third-order valence-electron chi connectivity index (χ3n) is 0.955. The highest BCUT2D eigenvalue weighted by molar-refractivity contribution is 6.18. The van der Waals surface area contributed by atoms with Gasteiger partial charge < -0.3 is 20.4 Å². The largest absolute Gasteiger partial charge is 0.396 e. The van der Waals surface area contributed by atoms with Crippen molar-refractivity contribution in [3.63, 3.8) is 0 Å². The number of hydrogen-bond donors (Lipinski definition) is 4. The Balaban J connectivity index is 0. The minimum absolute atomic E-state index is 0.108. The first-order valence-corrected chi connectivity index (χ1v) is 4.33. The summed E-state index contributed by atoms with van der Waals surface area (Å²) in [6, 6.07) is 0. The standard InChI is InChI=1S/C4H10O2.C3H7ClO2/c5-3-1-2-4-6;4-1-3(6)2-5/h5-6H,1-4H2;3,5-6H,1-2H2. The maximum atomic E-state index is 8.28. The molecule has 1 atom stereocenters. The summed E-state index contributed by atoms with van der Waals surface area (Å²) in [6.45, 7) is 0.143. The summed E-state index contributed by atoms with van der Waals surface area (Å²) in [5.74, 6) is 0.108. The van der Waals surface area contributed by atoms with Crippen LogP contribution in [0.2, 0.25) is 0 Å². The van der Waals surface area contributed by atoms with E-state index >= 15 is 0 Å². The molecular formula is C7H17ClO4. The van der Waals surface area contributed by atoms with E-state index in [0.717, 1.165) is 12.8 Å². The lowest BCUT2D eigenvalue weighted by atomic mass is 10.3. The first-order valence-electron chi connectivity index (χ1n) is 3.79. The van der Waals surface area contributed by atoms with Gasteiger partial charge in [-0.15, -0.1) is 11.6 Å². The smallest absolute Gasteiger partial charge is 0.0905 e. The fourth-order valence-corrected chi connectivity index (χ4v) is 0.370. The van der Waals surface area contributed by atoms with Crippen LogP contribution in [0.5, 0.6) is 0 Å². The number of unbranched alkanes of at least 4 members (excludes halogenated alkanes) is 1. The van der Waals surface area contributed by atoms with Gasteiger partial charge in [-0.1, -0.05) is 0 Å². The second kappa shape index (κ2) is 13.7. The van der Waals surface area contributed by atoms with Crippen molar-refractivity contribution in [2.45, 2.75) is 18.9 Å². The van der Waals surface area contributed by atoms with Gasteiger partial charge in [-0.25, -0.2) is 0 Å². The molecule has 76 valence electrons. The van der Waals surface area contributed by atoms with Crippen LogP contribution in [0.15, 0.2) is 0 Å². The monoisotopic (exact) mass is 200 g/mol. The highest BCUT2D eigenvalue weighted by atomic mass is 35.5. The van der Waals surface area contributed by atoms with E-state index in [0.29, 0.717) is 0 Å². The summed E-state index contributed by atoms with van der Waals surface area (Å²) in [7, 11) is 0. The molecular weight excluding hydrogens is 184 g/mol. The molecule has 0 aliphatic heterocycles. The minimum Gasteiger partial charge on any atom is -0.396 e. The topological polar surface area (TPSA) is 80.9 Å². The van der Waals surface area contributed by atoms with Crippen molar-refractivity contribution in [2.24, 2.45) is 0 Å². The van der Waals surface area contributed by atoms with Crippen LogP contribution in [0.3, 0.4) is 0 Å². The van der Waals surface area contributed by atoms with Crippen molar-refractivity contribution in [3.8, 4) is 0 Å². The van der Waals surface area contributed by atoms with Gasteiger partial charge in [-0.2, -0.15) is 0 Å². The molecule has 1 unspecified atom stereocenters. The number of alkyl halides is 1. The Morgan fingerprint density at radius 2 is 1.42 bits per heavy atom. The number of aliphatic hydroxyl groups is 4. The Bertz CT molecular complexity index is 64.4. The third kappa shape index (κ3) is 16.6. The van der Waals surface area contributed by atoms with Gasteiger partial charge in [-0.3, -0.25) is 0 Å². The van der Waals surface area contributed by atoms with Crippen molar-refractivity contribution < 1.29 is 20.4 Å². The Labute approximate surface area is 77.4 Å². The molecule has 0 aromatic carbocycles. The summed E-state index contributed by atoms with van der Waals surface area (Å²) in [5.41, 5.74) is 0. The molecule has 4 nitrogen and oxygen atoms in total. The van der Waals surface area contributed by atoms with Gasteiger partial charge in [0.25, 0.3) is 0 Å². The van der Waals surface area contributed by atoms with Crippen LogP contribution in [0.4, 0.5) is 0 Å². The second-order valence-corrected chi connectivity index (χ2v) is 2.45. The Hall–Kier alpha value is 0.130. The molecule has 12 heavy (non-hydrogen) atoms. The Morgan fingerprint density at radius 1 is 1.00 bits per heavy atom. The van der Waals surface area contributed by atoms with Crippen LogP contribution < -0.4 is 0 Å². The average Bonchev–Trinajstić information content (AvgIpc) is 2.14. The molecule has 0 amide bonds. The van der Waals surface area contributed by atoms with Gasteiger partial charge in [0.15, 0.2) is 0 Å². The quantitative estimate of drug-likeness (QED) is 0.351. The molecule has 0 aromatic rings. The number of halogens is 1. The predicted molar refractivity (Wildman–Crippen MR) is 47.2 cm³/mol. The number of rotatable bonds is 5. The Morgan fingerprint density at radius 3 is 1.50 bits per heavy atom. The zero-order chi connectivity index (χ0) is 9.82. The highest BCUT2D eigenvalue weighted by Crippen LogP contribution is 1.82. The van der Waals surface area contributed by atoms with E-state index in [1.54, 1.807) is 0 Å². The van der Waals surface area contributed by atoms with Crippen LogP contribution in [0.1, 0.15) is 12.8 Å². The summed E-state index contributed by atoms with van der Waals surface area (Å²) >= 11 is 5.04. The van der Waals surface area contributed by atoms with Crippen LogP contribution >= 0.6 is 11.6 Å². The number of hydrogen-bond acceptors (Lipinski definition) is 4. The zero-order valence-corrected chi connectivity index (χ0v) is 7.74. The van der Waals surface area contributed by atoms with Crippen molar-refractivity contribution in [3.05, 3.63) is 0 Å². The van der Waals surface area contributed by atoms with Crippen LogP contribution in [-0.2, 0) is 0 Å². The lowest BCUT2D eigenvalue weighted by Gasteiger charge is -1.95. The van der Waals surface area contributed by atoms with E-state index in [1.165, 1.54) is 0 Å². The van der Waals surface area contributed by atoms with Gasteiger partial charge in [0.1, 0.15) is 0 Å². The van der Waals surface area contributed by atoms with Gasteiger partial charge in [0.05, 0.1) is 18.6 Å². The van der Waals surface area contributed by atoms with E-state index < -0.39 is 6.10 Å². The SMILES string of the molecule is OCC(O)CCl.OCCCCO. The average molecular weight is 201 g/mol.